The molecule has 2 rings (SSSR count). The van der Waals surface area contributed by atoms with Crippen molar-refractivity contribution in [2.45, 2.75) is 51.0 Å². The fourth-order valence-electron chi connectivity index (χ4n) is 2.95. The van der Waals surface area contributed by atoms with Gasteiger partial charge in [0.15, 0.2) is 0 Å². The molecule has 1 aliphatic carbocycles. The van der Waals surface area contributed by atoms with Crippen LogP contribution >= 0.6 is 0 Å². The van der Waals surface area contributed by atoms with Crippen LogP contribution in [0, 0.1) is 5.92 Å². The van der Waals surface area contributed by atoms with E-state index in [4.69, 9.17) is 4.74 Å². The molecule has 1 fully saturated rings. The van der Waals surface area contributed by atoms with E-state index in [0.717, 1.165) is 19.3 Å². The second-order valence-electron chi connectivity index (χ2n) is 5.36. The van der Waals surface area contributed by atoms with Crippen LogP contribution in [0.15, 0.2) is 30.3 Å². The summed E-state index contributed by atoms with van der Waals surface area (Å²) in [5.74, 6) is -0.184. The van der Waals surface area contributed by atoms with E-state index in [1.165, 1.54) is 0 Å². The predicted molar refractivity (Wildman–Crippen MR) is 73.9 cm³/mol. The summed E-state index contributed by atoms with van der Waals surface area (Å²) >= 11 is 0. The molecule has 1 aromatic carbocycles. The lowest BCUT2D eigenvalue weighted by atomic mass is 9.74. The standard InChI is InChI=1S/C16H22O3/c1-2-14(16(18)11-7-4-8-12-16)15(17)19-13-9-5-3-6-10-13/h3,5-6,9-10,14,18H,2,4,7-8,11-12H2,1H3. The average Bonchev–Trinajstić information content (AvgIpc) is 2.41. The Balaban J connectivity index is 2.06. The van der Waals surface area contributed by atoms with Crippen LogP contribution in [-0.2, 0) is 4.79 Å². The van der Waals surface area contributed by atoms with Crippen molar-refractivity contribution in [1.82, 2.24) is 0 Å². The molecule has 1 atom stereocenters. The van der Waals surface area contributed by atoms with Crippen molar-refractivity contribution < 1.29 is 14.6 Å². The average molecular weight is 262 g/mol. The number of esters is 1. The van der Waals surface area contributed by atoms with Gasteiger partial charge in [-0.15, -0.1) is 0 Å². The van der Waals surface area contributed by atoms with Gasteiger partial charge in [-0.2, -0.15) is 0 Å². The zero-order valence-corrected chi connectivity index (χ0v) is 11.5. The zero-order chi connectivity index (χ0) is 13.7. The summed E-state index contributed by atoms with van der Waals surface area (Å²) in [5.41, 5.74) is -0.876. The van der Waals surface area contributed by atoms with Crippen molar-refractivity contribution in [3.63, 3.8) is 0 Å². The van der Waals surface area contributed by atoms with Crippen LogP contribution in [0.4, 0.5) is 0 Å². The molecule has 1 aliphatic rings. The van der Waals surface area contributed by atoms with E-state index in [-0.39, 0.29) is 5.97 Å². The van der Waals surface area contributed by atoms with E-state index >= 15 is 0 Å². The molecule has 3 heteroatoms. The molecule has 1 aromatic rings. The smallest absolute Gasteiger partial charge is 0.317 e. The molecular formula is C16H22O3. The van der Waals surface area contributed by atoms with Crippen molar-refractivity contribution in [3.8, 4) is 5.75 Å². The number of rotatable bonds is 4. The van der Waals surface area contributed by atoms with Crippen LogP contribution in [0.5, 0.6) is 5.75 Å². The van der Waals surface area contributed by atoms with E-state index < -0.39 is 11.5 Å². The maximum absolute atomic E-state index is 12.3. The van der Waals surface area contributed by atoms with Gasteiger partial charge in [-0.05, 0) is 31.4 Å². The van der Waals surface area contributed by atoms with Crippen molar-refractivity contribution in [3.05, 3.63) is 30.3 Å². The molecule has 3 nitrogen and oxygen atoms in total. The Hall–Kier alpha value is -1.35. The molecule has 1 unspecified atom stereocenters. The summed E-state index contributed by atoms with van der Waals surface area (Å²) in [4.78, 5) is 12.3. The molecule has 0 bridgehead atoms. The Labute approximate surface area is 114 Å². The number of ether oxygens (including phenoxy) is 1. The highest BCUT2D eigenvalue weighted by Gasteiger charge is 2.42. The number of carbonyl (C=O) groups excluding carboxylic acids is 1. The minimum atomic E-state index is -0.876. The third kappa shape index (κ3) is 3.35. The molecule has 0 radical (unpaired) electrons. The van der Waals surface area contributed by atoms with Gasteiger partial charge in [0.1, 0.15) is 5.75 Å². The van der Waals surface area contributed by atoms with Gasteiger partial charge >= 0.3 is 5.97 Å². The summed E-state index contributed by atoms with van der Waals surface area (Å²) in [6.07, 6.45) is 5.15. The molecule has 0 amide bonds. The third-order valence-electron chi connectivity index (χ3n) is 4.02. The summed E-state index contributed by atoms with van der Waals surface area (Å²) < 4.78 is 5.39. The Morgan fingerprint density at radius 1 is 1.26 bits per heavy atom. The number of hydrogen-bond donors (Lipinski definition) is 1. The van der Waals surface area contributed by atoms with E-state index in [0.29, 0.717) is 25.0 Å². The highest BCUT2D eigenvalue weighted by molar-refractivity contribution is 5.76. The van der Waals surface area contributed by atoms with Gasteiger partial charge in [-0.25, -0.2) is 0 Å². The van der Waals surface area contributed by atoms with Crippen LogP contribution in [0.2, 0.25) is 0 Å². The van der Waals surface area contributed by atoms with Gasteiger partial charge in [0.05, 0.1) is 11.5 Å². The predicted octanol–water partition coefficient (Wildman–Crippen LogP) is 3.31. The first-order chi connectivity index (χ1) is 9.15. The largest absolute Gasteiger partial charge is 0.426 e. The van der Waals surface area contributed by atoms with Crippen molar-refractivity contribution in [2.24, 2.45) is 5.92 Å². The Kier molecular flexibility index (Phi) is 4.59. The lowest BCUT2D eigenvalue weighted by molar-refractivity contribution is -0.152. The normalized spacial score (nSPS) is 19.7. The molecule has 104 valence electrons. The van der Waals surface area contributed by atoms with Gasteiger partial charge in [-0.3, -0.25) is 4.79 Å². The van der Waals surface area contributed by atoms with Crippen LogP contribution in [0.1, 0.15) is 45.4 Å². The van der Waals surface area contributed by atoms with Crippen LogP contribution < -0.4 is 4.74 Å². The highest BCUT2D eigenvalue weighted by Crippen LogP contribution is 2.36. The van der Waals surface area contributed by atoms with Gasteiger partial charge in [-0.1, -0.05) is 44.4 Å². The molecule has 1 N–H and O–H groups in total. The van der Waals surface area contributed by atoms with Gasteiger partial charge in [0.25, 0.3) is 0 Å². The minimum Gasteiger partial charge on any atom is -0.426 e. The number of aliphatic hydroxyl groups is 1. The fourth-order valence-corrected chi connectivity index (χ4v) is 2.95. The summed E-state index contributed by atoms with van der Waals surface area (Å²) in [5, 5.41) is 10.7. The van der Waals surface area contributed by atoms with Crippen molar-refractivity contribution in [2.75, 3.05) is 0 Å². The maximum atomic E-state index is 12.3. The lowest BCUT2D eigenvalue weighted by Crippen LogP contribution is -2.45. The topological polar surface area (TPSA) is 46.5 Å². The Morgan fingerprint density at radius 3 is 2.47 bits per heavy atom. The molecular weight excluding hydrogens is 240 g/mol. The van der Waals surface area contributed by atoms with Crippen molar-refractivity contribution in [1.29, 1.82) is 0 Å². The van der Waals surface area contributed by atoms with E-state index in [2.05, 4.69) is 0 Å². The molecule has 0 aliphatic heterocycles. The zero-order valence-electron chi connectivity index (χ0n) is 11.5. The van der Waals surface area contributed by atoms with Gasteiger partial charge in [0, 0.05) is 0 Å². The van der Waals surface area contributed by atoms with E-state index in [1.807, 2.05) is 25.1 Å². The Bertz CT molecular complexity index is 407. The summed E-state index contributed by atoms with van der Waals surface area (Å²) in [6, 6.07) is 9.06. The fraction of sp³-hybridized carbons (Fsp3) is 0.562. The van der Waals surface area contributed by atoms with Crippen LogP contribution in [0.25, 0.3) is 0 Å². The van der Waals surface area contributed by atoms with Crippen molar-refractivity contribution >= 4 is 5.97 Å². The first-order valence-electron chi connectivity index (χ1n) is 7.15. The second kappa shape index (κ2) is 6.20. The third-order valence-corrected chi connectivity index (χ3v) is 4.02. The summed E-state index contributed by atoms with van der Waals surface area (Å²) in [7, 11) is 0. The van der Waals surface area contributed by atoms with Crippen LogP contribution in [0.3, 0.4) is 0 Å². The first-order valence-corrected chi connectivity index (χ1v) is 7.15. The highest BCUT2D eigenvalue weighted by atomic mass is 16.5. The molecule has 0 aromatic heterocycles. The van der Waals surface area contributed by atoms with Gasteiger partial charge in [0.2, 0.25) is 0 Å². The number of benzene rings is 1. The molecule has 0 heterocycles. The second-order valence-corrected chi connectivity index (χ2v) is 5.36. The molecule has 0 saturated heterocycles. The molecule has 1 saturated carbocycles. The monoisotopic (exact) mass is 262 g/mol. The number of hydrogen-bond acceptors (Lipinski definition) is 3. The van der Waals surface area contributed by atoms with Crippen LogP contribution in [-0.4, -0.2) is 16.7 Å². The SMILES string of the molecule is CCC(C(=O)Oc1ccccc1)C1(O)CCCCC1. The minimum absolute atomic E-state index is 0.307. The summed E-state index contributed by atoms with van der Waals surface area (Å²) in [6.45, 7) is 1.93. The first kappa shape index (κ1) is 14.1. The van der Waals surface area contributed by atoms with E-state index in [1.54, 1.807) is 12.1 Å². The lowest BCUT2D eigenvalue weighted by Gasteiger charge is -2.37. The van der Waals surface area contributed by atoms with Gasteiger partial charge < -0.3 is 9.84 Å². The molecule has 19 heavy (non-hydrogen) atoms. The quantitative estimate of drug-likeness (QED) is 0.669. The molecule has 0 spiro atoms. The number of para-hydroxylation sites is 1. The number of carbonyl (C=O) groups is 1. The maximum Gasteiger partial charge on any atom is 0.317 e. The Morgan fingerprint density at radius 2 is 1.89 bits per heavy atom. The van der Waals surface area contributed by atoms with E-state index in [9.17, 15) is 9.90 Å².